The monoisotopic (exact) mass is 375 g/mol. The molecule has 1 heterocycles. The molecule has 0 atom stereocenters. The number of hydrogen-bond donors (Lipinski definition) is 3. The second kappa shape index (κ2) is 6.79. The third kappa shape index (κ3) is 3.23. The molecular formula is C18H21N3O4S. The third-order valence-corrected chi connectivity index (χ3v) is 6.19. The lowest BCUT2D eigenvalue weighted by Crippen LogP contribution is -2.23. The van der Waals surface area contributed by atoms with Crippen LogP contribution < -0.4 is 11.3 Å². The maximum absolute atomic E-state index is 12.1. The number of fused-ring (bicyclic) bond motifs is 1. The quantitative estimate of drug-likeness (QED) is 0.418. The Labute approximate surface area is 155 Å². The molecule has 0 amide bonds. The van der Waals surface area contributed by atoms with Crippen LogP contribution in [0.4, 0.5) is 5.69 Å². The SMILES string of the molecule is CC1(C)CCc2sc(-c3cccc([N+](=O)[O-])c3CNN)c(C(=O)O)c2C1. The van der Waals surface area contributed by atoms with Gasteiger partial charge in [0.2, 0.25) is 0 Å². The standard InChI is InChI=1S/C18H21N3O4S/c1-18(2)7-6-14-11(8-18)15(17(22)23)16(26-14)10-4-3-5-13(21(24)25)12(10)9-20-19/h3-5,20H,6-9,19H2,1-2H3,(H,22,23). The number of hydrogen-bond acceptors (Lipinski definition) is 6. The minimum atomic E-state index is -0.992. The van der Waals surface area contributed by atoms with Gasteiger partial charge in [-0.25, -0.2) is 4.79 Å². The average Bonchev–Trinajstić information content (AvgIpc) is 2.92. The topological polar surface area (TPSA) is 118 Å². The van der Waals surface area contributed by atoms with Crippen molar-refractivity contribution in [1.82, 2.24) is 5.43 Å². The van der Waals surface area contributed by atoms with Gasteiger partial charge in [0.1, 0.15) is 0 Å². The van der Waals surface area contributed by atoms with Crippen LogP contribution in [0, 0.1) is 15.5 Å². The summed E-state index contributed by atoms with van der Waals surface area (Å²) in [5.41, 5.74) is 4.55. The van der Waals surface area contributed by atoms with Crippen LogP contribution in [0.5, 0.6) is 0 Å². The molecule has 4 N–H and O–H groups in total. The lowest BCUT2D eigenvalue weighted by molar-refractivity contribution is -0.385. The number of carboxylic acid groups (broad SMARTS) is 1. The van der Waals surface area contributed by atoms with Gasteiger partial charge in [-0.1, -0.05) is 26.0 Å². The van der Waals surface area contributed by atoms with E-state index in [9.17, 15) is 20.0 Å². The van der Waals surface area contributed by atoms with E-state index in [1.54, 1.807) is 12.1 Å². The van der Waals surface area contributed by atoms with Crippen molar-refractivity contribution in [3.63, 3.8) is 0 Å². The van der Waals surface area contributed by atoms with Crippen LogP contribution >= 0.6 is 11.3 Å². The zero-order valence-corrected chi connectivity index (χ0v) is 15.5. The number of nitrogens with two attached hydrogens (primary N) is 1. The van der Waals surface area contributed by atoms with E-state index in [-0.39, 0.29) is 23.2 Å². The molecule has 0 aliphatic heterocycles. The first-order chi connectivity index (χ1) is 12.2. The molecule has 138 valence electrons. The Kier molecular flexibility index (Phi) is 4.83. The summed E-state index contributed by atoms with van der Waals surface area (Å²) in [7, 11) is 0. The van der Waals surface area contributed by atoms with Crippen molar-refractivity contribution in [2.24, 2.45) is 11.3 Å². The Morgan fingerprint density at radius 3 is 2.81 bits per heavy atom. The van der Waals surface area contributed by atoms with E-state index in [1.165, 1.54) is 17.4 Å². The molecular weight excluding hydrogens is 354 g/mol. The van der Waals surface area contributed by atoms with Crippen molar-refractivity contribution in [3.8, 4) is 10.4 Å². The molecule has 26 heavy (non-hydrogen) atoms. The van der Waals surface area contributed by atoms with Gasteiger partial charge >= 0.3 is 5.97 Å². The molecule has 0 unspecified atom stereocenters. The number of carboxylic acids is 1. The summed E-state index contributed by atoms with van der Waals surface area (Å²) in [5.74, 6) is 4.43. The lowest BCUT2D eigenvalue weighted by atomic mass is 9.76. The van der Waals surface area contributed by atoms with Gasteiger partial charge in [0, 0.05) is 27.9 Å². The largest absolute Gasteiger partial charge is 0.478 e. The fraction of sp³-hybridized carbons (Fsp3) is 0.389. The first-order valence-electron chi connectivity index (χ1n) is 8.33. The van der Waals surface area contributed by atoms with E-state index >= 15 is 0 Å². The second-order valence-electron chi connectivity index (χ2n) is 7.30. The predicted molar refractivity (Wildman–Crippen MR) is 100 cm³/mol. The van der Waals surface area contributed by atoms with Crippen molar-refractivity contribution < 1.29 is 14.8 Å². The van der Waals surface area contributed by atoms with Crippen LogP contribution in [0.3, 0.4) is 0 Å². The minimum absolute atomic E-state index is 0.0415. The highest BCUT2D eigenvalue weighted by molar-refractivity contribution is 7.16. The van der Waals surface area contributed by atoms with Gasteiger partial charge in [-0.2, -0.15) is 0 Å². The Morgan fingerprint density at radius 1 is 1.46 bits per heavy atom. The van der Waals surface area contributed by atoms with Crippen LogP contribution in [0.15, 0.2) is 18.2 Å². The van der Waals surface area contributed by atoms with Gasteiger partial charge in [-0.3, -0.25) is 21.4 Å². The van der Waals surface area contributed by atoms with Gasteiger partial charge < -0.3 is 5.11 Å². The van der Waals surface area contributed by atoms with E-state index in [1.807, 2.05) is 0 Å². The summed E-state index contributed by atoms with van der Waals surface area (Å²) in [6.07, 6.45) is 2.51. The maximum Gasteiger partial charge on any atom is 0.337 e. The fourth-order valence-electron chi connectivity index (χ4n) is 3.58. The van der Waals surface area contributed by atoms with Crippen molar-refractivity contribution in [2.75, 3.05) is 0 Å². The summed E-state index contributed by atoms with van der Waals surface area (Å²) >= 11 is 1.43. The maximum atomic E-state index is 12.1. The second-order valence-corrected chi connectivity index (χ2v) is 8.40. The normalized spacial score (nSPS) is 15.5. The number of nitrogens with zero attached hydrogens (tertiary/aromatic N) is 1. The summed E-state index contributed by atoms with van der Waals surface area (Å²) in [6.45, 7) is 4.35. The smallest absolute Gasteiger partial charge is 0.337 e. The lowest BCUT2D eigenvalue weighted by Gasteiger charge is -2.29. The molecule has 0 spiro atoms. The number of thiophene rings is 1. The van der Waals surface area contributed by atoms with Crippen LogP contribution in [0.25, 0.3) is 10.4 Å². The molecule has 0 saturated heterocycles. The van der Waals surface area contributed by atoms with Crippen molar-refractivity contribution in [2.45, 2.75) is 39.7 Å². The molecule has 0 saturated carbocycles. The molecule has 2 aromatic rings. The Hall–Kier alpha value is -2.29. The molecule has 0 fully saturated rings. The van der Waals surface area contributed by atoms with Crippen LogP contribution in [0.2, 0.25) is 0 Å². The van der Waals surface area contributed by atoms with Crippen LogP contribution in [0.1, 0.15) is 46.6 Å². The first kappa shape index (κ1) is 18.5. The van der Waals surface area contributed by atoms with Crippen molar-refractivity contribution in [1.29, 1.82) is 0 Å². The van der Waals surface area contributed by atoms with Gasteiger partial charge in [-0.05, 0) is 30.2 Å². The van der Waals surface area contributed by atoms with Crippen molar-refractivity contribution in [3.05, 3.63) is 49.9 Å². The Bertz CT molecular complexity index is 889. The third-order valence-electron chi connectivity index (χ3n) is 4.86. The zero-order chi connectivity index (χ0) is 19.1. The highest BCUT2D eigenvalue weighted by Crippen LogP contribution is 2.46. The predicted octanol–water partition coefficient (Wildman–Crippen LogP) is 3.50. The number of rotatable bonds is 5. The molecule has 0 bridgehead atoms. The van der Waals surface area contributed by atoms with Gasteiger partial charge in [0.25, 0.3) is 5.69 Å². The van der Waals surface area contributed by atoms with E-state index < -0.39 is 10.9 Å². The zero-order valence-electron chi connectivity index (χ0n) is 14.7. The molecule has 7 nitrogen and oxygen atoms in total. The number of benzene rings is 1. The molecule has 1 aromatic heterocycles. The number of nitro benzene ring substituents is 1. The summed E-state index contributed by atoms with van der Waals surface area (Å²) in [5, 5.41) is 21.3. The molecule has 8 heteroatoms. The summed E-state index contributed by atoms with van der Waals surface area (Å²) in [6, 6.07) is 4.73. The van der Waals surface area contributed by atoms with Crippen molar-refractivity contribution >= 4 is 23.0 Å². The molecule has 0 radical (unpaired) electrons. The molecule has 3 rings (SSSR count). The number of carbonyl (C=O) groups is 1. The van der Waals surface area contributed by atoms with Crippen LogP contribution in [-0.2, 0) is 19.4 Å². The average molecular weight is 375 g/mol. The van der Waals surface area contributed by atoms with E-state index in [0.29, 0.717) is 22.4 Å². The number of nitro groups is 1. The Balaban J connectivity index is 2.26. The highest BCUT2D eigenvalue weighted by Gasteiger charge is 2.34. The molecule has 1 aliphatic rings. The molecule has 1 aliphatic carbocycles. The van der Waals surface area contributed by atoms with Gasteiger partial charge in [-0.15, -0.1) is 11.3 Å². The fourth-order valence-corrected chi connectivity index (χ4v) is 4.94. The molecule has 1 aromatic carbocycles. The van der Waals surface area contributed by atoms with Gasteiger partial charge in [0.05, 0.1) is 16.1 Å². The highest BCUT2D eigenvalue weighted by atomic mass is 32.1. The summed E-state index contributed by atoms with van der Waals surface area (Å²) < 4.78 is 0. The van der Waals surface area contributed by atoms with E-state index in [0.717, 1.165) is 23.3 Å². The van der Waals surface area contributed by atoms with E-state index in [2.05, 4.69) is 19.3 Å². The first-order valence-corrected chi connectivity index (χ1v) is 9.15. The number of aryl methyl sites for hydroxylation is 1. The number of nitrogens with one attached hydrogen (secondary N) is 1. The van der Waals surface area contributed by atoms with E-state index in [4.69, 9.17) is 5.84 Å². The van der Waals surface area contributed by atoms with Crippen LogP contribution in [-0.4, -0.2) is 16.0 Å². The minimum Gasteiger partial charge on any atom is -0.478 e. The number of hydrazine groups is 1. The number of aromatic carboxylic acids is 1. The van der Waals surface area contributed by atoms with Gasteiger partial charge in [0.15, 0.2) is 0 Å². The Morgan fingerprint density at radius 2 is 2.19 bits per heavy atom. The summed E-state index contributed by atoms with van der Waals surface area (Å²) in [4.78, 5) is 24.6.